The average molecular weight is 566 g/mol. The summed E-state index contributed by atoms with van der Waals surface area (Å²) < 4.78 is 5.26. The maximum Gasteiger partial charge on any atom is 0.357 e. The summed E-state index contributed by atoms with van der Waals surface area (Å²) in [6, 6.07) is 23.3. The molecule has 0 amide bonds. The van der Waals surface area contributed by atoms with Crippen LogP contribution < -0.4 is 9.80 Å². The predicted octanol–water partition coefficient (Wildman–Crippen LogP) is 5.87. The molecule has 2 aliphatic heterocycles. The van der Waals surface area contributed by atoms with Crippen molar-refractivity contribution in [2.24, 2.45) is 0 Å². The lowest BCUT2D eigenvalue weighted by Crippen LogP contribution is -3.15. The number of fused-ring (bicyclic) bond motifs is 3. The second-order valence-corrected chi connectivity index (χ2v) is 11.6. The molecule has 0 bridgehead atoms. The summed E-state index contributed by atoms with van der Waals surface area (Å²) in [6.07, 6.45) is 1.02. The van der Waals surface area contributed by atoms with Crippen LogP contribution in [0.3, 0.4) is 0 Å². The van der Waals surface area contributed by atoms with Gasteiger partial charge >= 0.3 is 5.97 Å². The van der Waals surface area contributed by atoms with Crippen LogP contribution in [0.4, 0.5) is 5.69 Å². The Morgan fingerprint density at radius 2 is 1.79 bits per heavy atom. The van der Waals surface area contributed by atoms with Gasteiger partial charge in [-0.15, -0.1) is 0 Å². The van der Waals surface area contributed by atoms with Crippen LogP contribution in [0.25, 0.3) is 10.9 Å². The van der Waals surface area contributed by atoms with E-state index < -0.39 is 5.97 Å². The standard InChI is InChI=1S/C30H27Cl2N3O2S/c1-2-37-30(36)24-18-26(29-22(32)16-20(31)17-23(29)33-24)35-13-11-34(12-14-35)25-15-19-7-3-5-9-27(19)38-28-10-6-4-8-21(25)28/h3-10,16-18,25H,2,11-15H2,1H3/p+1/t25-/m1/s1. The van der Waals surface area contributed by atoms with Crippen molar-refractivity contribution in [3.63, 3.8) is 0 Å². The van der Waals surface area contributed by atoms with E-state index in [9.17, 15) is 4.79 Å². The molecule has 194 valence electrons. The monoisotopic (exact) mass is 564 g/mol. The lowest BCUT2D eigenvalue weighted by atomic mass is 9.96. The molecule has 1 aromatic heterocycles. The van der Waals surface area contributed by atoms with Crippen LogP contribution in [0.1, 0.15) is 34.6 Å². The smallest absolute Gasteiger partial charge is 0.357 e. The minimum absolute atomic E-state index is 0.272. The molecule has 38 heavy (non-hydrogen) atoms. The second kappa shape index (κ2) is 10.8. The highest BCUT2D eigenvalue weighted by atomic mass is 35.5. The first-order valence-corrected chi connectivity index (χ1v) is 14.5. The van der Waals surface area contributed by atoms with Crippen molar-refractivity contribution in [3.8, 4) is 0 Å². The van der Waals surface area contributed by atoms with Crippen LogP contribution in [0.15, 0.2) is 76.5 Å². The fraction of sp³-hybridized carbons (Fsp3) is 0.267. The van der Waals surface area contributed by atoms with Gasteiger partial charge in [-0.25, -0.2) is 9.78 Å². The summed E-state index contributed by atoms with van der Waals surface area (Å²) in [5, 5.41) is 1.84. The van der Waals surface area contributed by atoms with Crippen LogP contribution in [-0.4, -0.2) is 43.7 Å². The molecule has 5 nitrogen and oxygen atoms in total. The van der Waals surface area contributed by atoms with Gasteiger partial charge in [-0.05, 0) is 42.8 Å². The Kier molecular flexibility index (Phi) is 7.23. The summed E-state index contributed by atoms with van der Waals surface area (Å²) >= 11 is 14.9. The molecule has 3 heterocycles. The Hall–Kier alpha value is -2.77. The Bertz CT molecular complexity index is 1520. The van der Waals surface area contributed by atoms with Gasteiger partial charge < -0.3 is 14.5 Å². The third-order valence-corrected chi connectivity index (χ3v) is 9.17. The SMILES string of the molecule is CCOC(=O)c1cc(N2CC[NH+]([C@@H]3Cc4ccccc4Sc4ccccc43)CC2)c2c(Cl)cc(Cl)cc2n1. The fourth-order valence-electron chi connectivity index (χ4n) is 5.65. The molecule has 0 unspecified atom stereocenters. The van der Waals surface area contributed by atoms with Crippen LogP contribution in [0.5, 0.6) is 0 Å². The number of esters is 1. The Morgan fingerprint density at radius 3 is 2.58 bits per heavy atom. The molecule has 1 N–H and O–H groups in total. The normalized spacial score (nSPS) is 17.6. The molecule has 8 heteroatoms. The van der Waals surface area contributed by atoms with Crippen LogP contribution in [0.2, 0.25) is 10.0 Å². The summed E-state index contributed by atoms with van der Waals surface area (Å²) in [4.78, 5) is 23.8. The van der Waals surface area contributed by atoms with Gasteiger partial charge in [0.1, 0.15) is 6.04 Å². The lowest BCUT2D eigenvalue weighted by molar-refractivity contribution is -0.932. The van der Waals surface area contributed by atoms with E-state index in [1.54, 1.807) is 24.0 Å². The maximum atomic E-state index is 12.6. The quantitative estimate of drug-likeness (QED) is 0.314. The number of piperazine rings is 1. The summed E-state index contributed by atoms with van der Waals surface area (Å²) in [6.45, 7) is 5.69. The number of benzene rings is 3. The van der Waals surface area contributed by atoms with Crippen LogP contribution in [-0.2, 0) is 11.2 Å². The van der Waals surface area contributed by atoms with E-state index in [1.807, 2.05) is 17.8 Å². The van der Waals surface area contributed by atoms with Crippen molar-refractivity contribution < 1.29 is 14.4 Å². The van der Waals surface area contributed by atoms with Gasteiger partial charge in [0.2, 0.25) is 0 Å². The zero-order valence-electron chi connectivity index (χ0n) is 21.0. The number of ether oxygens (including phenoxy) is 1. The maximum absolute atomic E-state index is 12.6. The van der Waals surface area contributed by atoms with E-state index in [1.165, 1.54) is 20.9 Å². The minimum atomic E-state index is -0.442. The molecule has 0 spiro atoms. The van der Waals surface area contributed by atoms with Crippen LogP contribution >= 0.6 is 35.0 Å². The predicted molar refractivity (Wildman–Crippen MR) is 154 cm³/mol. The summed E-state index contributed by atoms with van der Waals surface area (Å²) in [5.41, 5.74) is 4.61. The number of rotatable bonds is 4. The number of aromatic nitrogens is 1. The van der Waals surface area contributed by atoms with Crippen molar-refractivity contribution in [1.29, 1.82) is 0 Å². The van der Waals surface area contributed by atoms with Crippen molar-refractivity contribution in [2.75, 3.05) is 37.7 Å². The fourth-order valence-corrected chi connectivity index (χ4v) is 7.37. The van der Waals surface area contributed by atoms with E-state index in [0.29, 0.717) is 21.6 Å². The van der Waals surface area contributed by atoms with E-state index in [2.05, 4.69) is 58.4 Å². The van der Waals surface area contributed by atoms with E-state index in [0.717, 1.165) is 43.7 Å². The number of pyridine rings is 1. The molecule has 1 fully saturated rings. The number of quaternary nitrogens is 1. The Balaban J connectivity index is 1.32. The van der Waals surface area contributed by atoms with E-state index >= 15 is 0 Å². The molecule has 2 aliphatic rings. The first kappa shape index (κ1) is 25.5. The highest BCUT2D eigenvalue weighted by Crippen LogP contribution is 2.40. The van der Waals surface area contributed by atoms with Crippen molar-refractivity contribution in [2.45, 2.75) is 29.2 Å². The number of hydrogen-bond donors (Lipinski definition) is 1. The first-order valence-electron chi connectivity index (χ1n) is 12.9. The topological polar surface area (TPSA) is 46.9 Å². The number of halogens is 2. The molecule has 4 aromatic rings. The van der Waals surface area contributed by atoms with Gasteiger partial charge in [-0.2, -0.15) is 0 Å². The third kappa shape index (κ3) is 4.87. The molecule has 1 atom stereocenters. The van der Waals surface area contributed by atoms with Crippen molar-refractivity contribution in [1.82, 2.24) is 4.98 Å². The highest BCUT2D eigenvalue weighted by Gasteiger charge is 2.33. The number of nitrogens with one attached hydrogen (secondary N) is 1. The Morgan fingerprint density at radius 1 is 1.05 bits per heavy atom. The van der Waals surface area contributed by atoms with Crippen molar-refractivity contribution >= 4 is 57.5 Å². The number of hydrogen-bond acceptors (Lipinski definition) is 5. The van der Waals surface area contributed by atoms with Gasteiger partial charge in [0.05, 0.1) is 49.0 Å². The number of anilines is 1. The lowest BCUT2D eigenvalue weighted by Gasteiger charge is -2.38. The van der Waals surface area contributed by atoms with E-state index in [4.69, 9.17) is 27.9 Å². The zero-order chi connectivity index (χ0) is 26.2. The first-order chi connectivity index (χ1) is 18.5. The number of nitrogens with zero attached hydrogens (tertiary/aromatic N) is 2. The summed E-state index contributed by atoms with van der Waals surface area (Å²) in [5.74, 6) is -0.442. The molecule has 1 saturated heterocycles. The number of carbonyl (C=O) groups excluding carboxylic acids is 1. The van der Waals surface area contributed by atoms with Gasteiger partial charge in [0.25, 0.3) is 0 Å². The van der Waals surface area contributed by atoms with Gasteiger partial charge in [-0.1, -0.05) is 71.4 Å². The third-order valence-electron chi connectivity index (χ3n) is 7.44. The molecular weight excluding hydrogens is 537 g/mol. The average Bonchev–Trinajstić information content (AvgIpc) is 3.09. The van der Waals surface area contributed by atoms with Crippen molar-refractivity contribution in [3.05, 3.63) is 93.6 Å². The molecule has 6 rings (SSSR count). The van der Waals surface area contributed by atoms with Crippen LogP contribution in [0, 0.1) is 0 Å². The molecule has 0 radical (unpaired) electrons. The van der Waals surface area contributed by atoms with Gasteiger partial charge in [0.15, 0.2) is 5.69 Å². The molecule has 3 aromatic carbocycles. The molecule has 0 aliphatic carbocycles. The second-order valence-electron chi connectivity index (χ2n) is 9.68. The number of carbonyl (C=O) groups is 1. The largest absolute Gasteiger partial charge is 0.461 e. The molecule has 0 saturated carbocycles. The molecular formula is C30H28Cl2N3O2S+. The minimum Gasteiger partial charge on any atom is -0.461 e. The van der Waals surface area contributed by atoms with Gasteiger partial charge in [-0.3, -0.25) is 0 Å². The Labute approximate surface area is 236 Å². The zero-order valence-corrected chi connectivity index (χ0v) is 23.4. The highest BCUT2D eigenvalue weighted by molar-refractivity contribution is 7.99. The van der Waals surface area contributed by atoms with Gasteiger partial charge in [0, 0.05) is 32.2 Å². The summed E-state index contributed by atoms with van der Waals surface area (Å²) in [7, 11) is 0. The van der Waals surface area contributed by atoms with E-state index in [-0.39, 0.29) is 12.3 Å².